The number of anilines is 2. The number of hydrogen-bond donors (Lipinski definition) is 2. The van der Waals surface area contributed by atoms with Crippen molar-refractivity contribution in [1.29, 1.82) is 5.26 Å². The molecule has 1 amide bonds. The highest BCUT2D eigenvalue weighted by Crippen LogP contribution is 2.27. The maximum atomic E-state index is 12.9. The first kappa shape index (κ1) is 15.3. The predicted molar refractivity (Wildman–Crippen MR) is 78.9 cm³/mol. The number of nitrogens with zero attached hydrogens (tertiary/aromatic N) is 2. The van der Waals surface area contributed by atoms with Gasteiger partial charge in [0.1, 0.15) is 5.82 Å². The predicted octanol–water partition coefficient (Wildman–Crippen LogP) is 2.11. The molecule has 0 saturated heterocycles. The maximum Gasteiger partial charge on any atom is 0.225 e. The molecule has 2 rings (SSSR count). The molecule has 0 unspecified atom stereocenters. The van der Waals surface area contributed by atoms with Crippen molar-refractivity contribution in [2.24, 2.45) is 0 Å². The number of nitrogens with two attached hydrogens (primary N) is 1. The van der Waals surface area contributed by atoms with Crippen molar-refractivity contribution in [3.8, 4) is 6.07 Å². The molecule has 3 N–H and O–H groups in total. The van der Waals surface area contributed by atoms with E-state index < -0.39 is 5.82 Å². The Balaban J connectivity index is 1.82. The molecule has 0 spiro atoms. The molecule has 0 radical (unpaired) electrons. The van der Waals surface area contributed by atoms with Gasteiger partial charge < -0.3 is 11.1 Å². The van der Waals surface area contributed by atoms with Crippen molar-refractivity contribution in [2.75, 3.05) is 24.1 Å². The van der Waals surface area contributed by atoms with Gasteiger partial charge in [0.2, 0.25) is 5.91 Å². The molecule has 6 heteroatoms. The zero-order valence-electron chi connectivity index (χ0n) is 11.8. The first-order valence-corrected chi connectivity index (χ1v) is 7.06. The van der Waals surface area contributed by atoms with Crippen molar-refractivity contribution < 1.29 is 9.18 Å². The summed E-state index contributed by atoms with van der Waals surface area (Å²) in [6.07, 6.45) is 3.08. The molecule has 1 aromatic carbocycles. The first-order chi connectivity index (χ1) is 10.1. The van der Waals surface area contributed by atoms with E-state index in [2.05, 4.69) is 16.3 Å². The lowest BCUT2D eigenvalue weighted by Crippen LogP contribution is -2.30. The average molecular weight is 290 g/mol. The molecule has 1 aliphatic rings. The highest BCUT2D eigenvalue weighted by Gasteiger charge is 2.28. The third kappa shape index (κ3) is 4.72. The summed E-state index contributed by atoms with van der Waals surface area (Å²) in [6, 6.07) is 6.54. The molecule has 0 aliphatic heterocycles. The van der Waals surface area contributed by atoms with Crippen LogP contribution in [0.5, 0.6) is 0 Å². The molecule has 0 heterocycles. The molecule has 1 aliphatic carbocycles. The minimum Gasteiger partial charge on any atom is -0.397 e. The molecule has 1 fully saturated rings. The van der Waals surface area contributed by atoms with Crippen LogP contribution < -0.4 is 11.1 Å². The quantitative estimate of drug-likeness (QED) is 0.754. The van der Waals surface area contributed by atoms with E-state index in [1.54, 1.807) is 0 Å². The Morgan fingerprint density at radius 2 is 2.24 bits per heavy atom. The van der Waals surface area contributed by atoms with Crippen molar-refractivity contribution in [2.45, 2.75) is 31.7 Å². The van der Waals surface area contributed by atoms with Crippen LogP contribution in [-0.4, -0.2) is 29.9 Å². The highest BCUT2D eigenvalue weighted by molar-refractivity contribution is 5.93. The number of nitrogens with one attached hydrogen (secondary N) is 1. The zero-order chi connectivity index (χ0) is 15.2. The van der Waals surface area contributed by atoms with Gasteiger partial charge in [-0.1, -0.05) is 0 Å². The minimum absolute atomic E-state index is 0.157. The number of nitrogen functional groups attached to an aromatic ring is 1. The monoisotopic (exact) mass is 290 g/mol. The topological polar surface area (TPSA) is 82.2 Å². The third-order valence-corrected chi connectivity index (χ3v) is 3.49. The second-order valence-electron chi connectivity index (χ2n) is 5.21. The van der Waals surface area contributed by atoms with E-state index in [1.165, 1.54) is 18.2 Å². The van der Waals surface area contributed by atoms with Gasteiger partial charge in [0.25, 0.3) is 0 Å². The molecule has 0 bridgehead atoms. The van der Waals surface area contributed by atoms with E-state index in [9.17, 15) is 9.18 Å². The average Bonchev–Trinajstić information content (AvgIpc) is 3.27. The van der Waals surface area contributed by atoms with Crippen molar-refractivity contribution in [3.05, 3.63) is 24.0 Å². The molecular formula is C15H19FN4O. The van der Waals surface area contributed by atoms with Crippen molar-refractivity contribution in [1.82, 2.24) is 4.90 Å². The summed E-state index contributed by atoms with van der Waals surface area (Å²) in [4.78, 5) is 14.1. The normalized spacial score (nSPS) is 14.0. The summed E-state index contributed by atoms with van der Waals surface area (Å²) in [5.41, 5.74) is 6.29. The Morgan fingerprint density at radius 3 is 2.86 bits per heavy atom. The van der Waals surface area contributed by atoms with Crippen LogP contribution in [0.2, 0.25) is 0 Å². The van der Waals surface area contributed by atoms with Gasteiger partial charge in [-0.3, -0.25) is 9.69 Å². The number of carbonyl (C=O) groups is 1. The zero-order valence-corrected chi connectivity index (χ0v) is 11.8. The van der Waals surface area contributed by atoms with Crippen molar-refractivity contribution >= 4 is 17.3 Å². The summed E-state index contributed by atoms with van der Waals surface area (Å²) < 4.78 is 12.9. The van der Waals surface area contributed by atoms with E-state index in [-0.39, 0.29) is 11.6 Å². The summed E-state index contributed by atoms with van der Waals surface area (Å²) >= 11 is 0. The second-order valence-corrected chi connectivity index (χ2v) is 5.21. The Bertz CT molecular complexity index is 551. The van der Waals surface area contributed by atoms with Crippen LogP contribution in [0.15, 0.2) is 18.2 Å². The van der Waals surface area contributed by atoms with Crippen LogP contribution in [0.25, 0.3) is 0 Å². The minimum atomic E-state index is -0.429. The molecular weight excluding hydrogens is 271 g/mol. The summed E-state index contributed by atoms with van der Waals surface area (Å²) in [6.45, 7) is 1.33. The van der Waals surface area contributed by atoms with Gasteiger partial charge in [-0.25, -0.2) is 4.39 Å². The van der Waals surface area contributed by atoms with Gasteiger partial charge in [0.05, 0.1) is 17.4 Å². The van der Waals surface area contributed by atoms with Crippen LogP contribution in [-0.2, 0) is 4.79 Å². The molecule has 5 nitrogen and oxygen atoms in total. The lowest BCUT2D eigenvalue weighted by atomic mass is 10.2. The van der Waals surface area contributed by atoms with Gasteiger partial charge in [-0.05, 0) is 31.0 Å². The standard InChI is InChI=1S/C15H19FN4O/c16-11-2-5-14(13(18)10-11)19-15(21)6-9-20(8-1-7-17)12-3-4-12/h2,5,10,12H,1,3-4,6,8-9,18H2,(H,19,21). The fourth-order valence-electron chi connectivity index (χ4n) is 2.22. The second kappa shape index (κ2) is 7.04. The van der Waals surface area contributed by atoms with Crippen molar-refractivity contribution in [3.63, 3.8) is 0 Å². The summed E-state index contributed by atoms with van der Waals surface area (Å²) in [7, 11) is 0. The van der Waals surface area contributed by atoms with Crippen LogP contribution >= 0.6 is 0 Å². The fraction of sp³-hybridized carbons (Fsp3) is 0.467. The fourth-order valence-corrected chi connectivity index (χ4v) is 2.22. The van der Waals surface area contributed by atoms with Crippen LogP contribution in [0.1, 0.15) is 25.7 Å². The lowest BCUT2D eigenvalue weighted by molar-refractivity contribution is -0.116. The Kier molecular flexibility index (Phi) is 5.12. The molecule has 1 saturated carbocycles. The maximum absolute atomic E-state index is 12.9. The van der Waals surface area contributed by atoms with Gasteiger partial charge in [0, 0.05) is 32.0 Å². The van der Waals surface area contributed by atoms with E-state index in [4.69, 9.17) is 11.0 Å². The highest BCUT2D eigenvalue weighted by atomic mass is 19.1. The SMILES string of the molecule is N#CCCN(CCC(=O)Nc1ccc(F)cc1N)C1CC1. The van der Waals surface area contributed by atoms with Gasteiger partial charge in [-0.15, -0.1) is 0 Å². The summed E-state index contributed by atoms with van der Waals surface area (Å²) in [5, 5.41) is 11.3. The number of hydrogen-bond acceptors (Lipinski definition) is 4. The number of halogens is 1. The van der Waals surface area contributed by atoms with Gasteiger partial charge >= 0.3 is 0 Å². The van der Waals surface area contributed by atoms with E-state index in [0.717, 1.165) is 12.8 Å². The van der Waals surface area contributed by atoms with Gasteiger partial charge in [-0.2, -0.15) is 5.26 Å². The Labute approximate surface area is 123 Å². The first-order valence-electron chi connectivity index (χ1n) is 7.06. The largest absolute Gasteiger partial charge is 0.397 e. The molecule has 0 atom stereocenters. The summed E-state index contributed by atoms with van der Waals surface area (Å²) in [5.74, 6) is -0.585. The van der Waals surface area contributed by atoms with E-state index >= 15 is 0 Å². The number of rotatable bonds is 7. The Morgan fingerprint density at radius 1 is 1.48 bits per heavy atom. The molecule has 1 aromatic rings. The molecule has 21 heavy (non-hydrogen) atoms. The molecule has 0 aromatic heterocycles. The van der Waals surface area contributed by atoms with E-state index in [0.29, 0.717) is 37.7 Å². The number of carbonyl (C=O) groups excluding carboxylic acids is 1. The van der Waals surface area contributed by atoms with E-state index in [1.807, 2.05) is 0 Å². The number of nitriles is 1. The Hall–Kier alpha value is -2.13. The smallest absolute Gasteiger partial charge is 0.225 e. The van der Waals surface area contributed by atoms with Gasteiger partial charge in [0.15, 0.2) is 0 Å². The number of amides is 1. The van der Waals surface area contributed by atoms with Crippen LogP contribution in [0.3, 0.4) is 0 Å². The third-order valence-electron chi connectivity index (χ3n) is 3.49. The van der Waals surface area contributed by atoms with Crippen LogP contribution in [0.4, 0.5) is 15.8 Å². The van der Waals surface area contributed by atoms with Crippen LogP contribution in [0, 0.1) is 17.1 Å². The number of benzene rings is 1. The molecule has 112 valence electrons. The lowest BCUT2D eigenvalue weighted by Gasteiger charge is -2.20.